The highest BCUT2D eigenvalue weighted by Gasteiger charge is 2.25. The summed E-state index contributed by atoms with van der Waals surface area (Å²) in [5.74, 6) is 0.899. The first-order chi connectivity index (χ1) is 15.5. The van der Waals surface area contributed by atoms with Gasteiger partial charge in [-0.3, -0.25) is 4.79 Å². The molecule has 2 aromatic heterocycles. The average Bonchev–Trinajstić information content (AvgIpc) is 3.50. The Kier molecular flexibility index (Phi) is 7.06. The molecule has 0 radical (unpaired) electrons. The van der Waals surface area contributed by atoms with Gasteiger partial charge in [-0.25, -0.2) is 4.98 Å². The Morgan fingerprint density at radius 1 is 1.25 bits per heavy atom. The second-order valence-electron chi connectivity index (χ2n) is 7.97. The number of piperidine rings is 1. The molecule has 1 aliphatic heterocycles. The van der Waals surface area contributed by atoms with Crippen molar-refractivity contribution < 1.29 is 9.21 Å². The molecule has 0 atom stereocenters. The molecule has 1 amide bonds. The molecule has 0 bridgehead atoms. The van der Waals surface area contributed by atoms with E-state index in [1.165, 1.54) is 0 Å². The molecule has 7 nitrogen and oxygen atoms in total. The van der Waals surface area contributed by atoms with Gasteiger partial charge >= 0.3 is 0 Å². The fourth-order valence-electron chi connectivity index (χ4n) is 3.63. The molecule has 1 aliphatic rings. The molecule has 9 heteroatoms. The first-order valence-electron chi connectivity index (χ1n) is 10.6. The van der Waals surface area contributed by atoms with Crippen LogP contribution in [0.5, 0.6) is 0 Å². The second kappa shape index (κ2) is 10.1. The number of furan rings is 1. The molecule has 1 aromatic carbocycles. The summed E-state index contributed by atoms with van der Waals surface area (Å²) in [4.78, 5) is 21.2. The van der Waals surface area contributed by atoms with E-state index < -0.39 is 0 Å². The zero-order valence-electron chi connectivity index (χ0n) is 18.2. The molecule has 3 heterocycles. The van der Waals surface area contributed by atoms with Gasteiger partial charge < -0.3 is 24.9 Å². The van der Waals surface area contributed by atoms with Crippen molar-refractivity contribution in [1.82, 2.24) is 15.2 Å². The zero-order valence-corrected chi connectivity index (χ0v) is 19.8. The van der Waals surface area contributed by atoms with Gasteiger partial charge in [-0.05, 0) is 61.5 Å². The maximum Gasteiger partial charge on any atom is 0.271 e. The molecule has 1 saturated heterocycles. The number of thiazole rings is 1. The number of carbonyl (C=O) groups is 1. The van der Waals surface area contributed by atoms with Gasteiger partial charge in [-0.1, -0.05) is 0 Å². The van der Waals surface area contributed by atoms with Gasteiger partial charge in [0.25, 0.3) is 5.91 Å². The van der Waals surface area contributed by atoms with Crippen LogP contribution in [0.1, 0.15) is 40.0 Å². The van der Waals surface area contributed by atoms with Crippen molar-refractivity contribution in [3.8, 4) is 0 Å². The molecule has 0 spiro atoms. The second-order valence-corrected chi connectivity index (χ2v) is 9.24. The van der Waals surface area contributed by atoms with Crippen molar-refractivity contribution in [2.24, 2.45) is 0 Å². The Labute approximate surface area is 197 Å². The number of rotatable bonds is 6. The standard InChI is InChI=1S/C23H27N5O2S2/c1-27(2)18-7-5-17(6-8-18)25-23(31)28-11-9-16(10-12-28)22-26-20(15-32-22)21(29)24-14-19-4-3-13-30-19/h3-8,13,15-16H,9-12,14H2,1-2H3,(H,24,29)(H,25,31). The van der Waals surface area contributed by atoms with Gasteiger partial charge in [0.1, 0.15) is 11.5 Å². The van der Waals surface area contributed by atoms with Crippen molar-refractivity contribution in [1.29, 1.82) is 0 Å². The molecule has 2 N–H and O–H groups in total. The topological polar surface area (TPSA) is 73.6 Å². The smallest absolute Gasteiger partial charge is 0.271 e. The summed E-state index contributed by atoms with van der Waals surface area (Å²) in [6, 6.07) is 11.9. The normalized spacial score (nSPS) is 14.2. The number of aromatic nitrogens is 1. The highest BCUT2D eigenvalue weighted by Crippen LogP contribution is 2.30. The van der Waals surface area contributed by atoms with Crippen molar-refractivity contribution >= 4 is 45.9 Å². The lowest BCUT2D eigenvalue weighted by Gasteiger charge is -2.33. The van der Waals surface area contributed by atoms with Crippen LogP contribution in [-0.2, 0) is 6.54 Å². The number of likely N-dealkylation sites (tertiary alicyclic amines) is 1. The SMILES string of the molecule is CN(C)c1ccc(NC(=S)N2CCC(c3nc(C(=O)NCc4ccco4)cs3)CC2)cc1. The van der Waals surface area contributed by atoms with Crippen LogP contribution in [0, 0.1) is 0 Å². The van der Waals surface area contributed by atoms with Crippen molar-refractivity contribution in [2.45, 2.75) is 25.3 Å². The molecule has 32 heavy (non-hydrogen) atoms. The first-order valence-corrected chi connectivity index (χ1v) is 11.9. The Morgan fingerprint density at radius 3 is 2.66 bits per heavy atom. The van der Waals surface area contributed by atoms with Gasteiger partial charge in [-0.15, -0.1) is 11.3 Å². The van der Waals surface area contributed by atoms with Gasteiger partial charge in [0.2, 0.25) is 0 Å². The number of hydrogen-bond acceptors (Lipinski definition) is 6. The summed E-state index contributed by atoms with van der Waals surface area (Å²) in [7, 11) is 4.05. The van der Waals surface area contributed by atoms with Crippen molar-refractivity contribution in [3.05, 3.63) is 64.5 Å². The number of nitrogens with zero attached hydrogens (tertiary/aromatic N) is 3. The van der Waals surface area contributed by atoms with Crippen LogP contribution < -0.4 is 15.5 Å². The maximum atomic E-state index is 12.4. The lowest BCUT2D eigenvalue weighted by molar-refractivity contribution is 0.0943. The molecule has 0 saturated carbocycles. The van der Waals surface area contributed by atoms with Crippen molar-refractivity contribution in [3.63, 3.8) is 0 Å². The predicted octanol–water partition coefficient (Wildman–Crippen LogP) is 4.31. The maximum absolute atomic E-state index is 12.4. The third-order valence-corrected chi connectivity index (χ3v) is 6.89. The van der Waals surface area contributed by atoms with Crippen molar-refractivity contribution in [2.75, 3.05) is 37.4 Å². The van der Waals surface area contributed by atoms with E-state index >= 15 is 0 Å². The van der Waals surface area contributed by atoms with Gasteiger partial charge in [-0.2, -0.15) is 0 Å². The molecule has 1 fully saturated rings. The molecule has 0 unspecified atom stereocenters. The minimum absolute atomic E-state index is 0.174. The van der Waals surface area contributed by atoms with E-state index in [0.29, 0.717) is 18.2 Å². The van der Waals surface area contributed by atoms with E-state index in [-0.39, 0.29) is 5.91 Å². The lowest BCUT2D eigenvalue weighted by Crippen LogP contribution is -2.40. The predicted molar refractivity (Wildman–Crippen MR) is 133 cm³/mol. The Bertz CT molecular complexity index is 1040. The molecule has 168 valence electrons. The van der Waals surface area contributed by atoms with E-state index in [1.54, 1.807) is 23.7 Å². The Hall–Kier alpha value is -2.91. The summed E-state index contributed by atoms with van der Waals surface area (Å²) in [6.07, 6.45) is 3.52. The molecule has 3 aromatic rings. The van der Waals surface area contributed by atoms with E-state index in [1.807, 2.05) is 37.7 Å². The number of nitrogens with one attached hydrogen (secondary N) is 2. The summed E-state index contributed by atoms with van der Waals surface area (Å²) in [5.41, 5.74) is 2.62. The van der Waals surface area contributed by atoms with E-state index in [4.69, 9.17) is 16.6 Å². The fraction of sp³-hybridized carbons (Fsp3) is 0.348. The lowest BCUT2D eigenvalue weighted by atomic mass is 9.98. The first kappa shape index (κ1) is 22.3. The van der Waals surface area contributed by atoms with Gasteiger partial charge in [0.15, 0.2) is 5.11 Å². The highest BCUT2D eigenvalue weighted by molar-refractivity contribution is 7.80. The van der Waals surface area contributed by atoms with E-state index in [9.17, 15) is 4.79 Å². The third kappa shape index (κ3) is 5.46. The summed E-state index contributed by atoms with van der Waals surface area (Å²) >= 11 is 7.18. The van der Waals surface area contributed by atoms with Crippen LogP contribution in [-0.4, -0.2) is 48.1 Å². The van der Waals surface area contributed by atoms with Gasteiger partial charge in [0, 0.05) is 49.9 Å². The molecular weight excluding hydrogens is 442 g/mol. The summed E-state index contributed by atoms with van der Waals surface area (Å²) < 4.78 is 5.25. The molecule has 0 aliphatic carbocycles. The molecular formula is C23H27N5O2S2. The third-order valence-electron chi connectivity index (χ3n) is 5.52. The monoisotopic (exact) mass is 469 g/mol. The zero-order chi connectivity index (χ0) is 22.5. The number of hydrogen-bond donors (Lipinski definition) is 2. The fourth-order valence-corrected chi connectivity index (χ4v) is 4.90. The number of thiocarbonyl (C=S) groups is 1. The van der Waals surface area contributed by atoms with E-state index in [2.05, 4.69) is 37.6 Å². The van der Waals surface area contributed by atoms with Crippen LogP contribution in [0.15, 0.2) is 52.5 Å². The largest absolute Gasteiger partial charge is 0.467 e. The molecule has 4 rings (SSSR count). The number of amides is 1. The van der Waals surface area contributed by atoms with Crippen LogP contribution in [0.2, 0.25) is 0 Å². The highest BCUT2D eigenvalue weighted by atomic mass is 32.1. The van der Waals surface area contributed by atoms with Crippen LogP contribution in [0.3, 0.4) is 0 Å². The van der Waals surface area contributed by atoms with Crippen LogP contribution in [0.25, 0.3) is 0 Å². The number of carbonyl (C=O) groups excluding carboxylic acids is 1. The Morgan fingerprint density at radius 2 is 2.00 bits per heavy atom. The summed E-state index contributed by atoms with van der Waals surface area (Å²) in [6.45, 7) is 2.09. The van der Waals surface area contributed by atoms with E-state index in [0.717, 1.165) is 53.2 Å². The minimum Gasteiger partial charge on any atom is -0.467 e. The Balaban J connectivity index is 1.26. The minimum atomic E-state index is -0.174. The van der Waals surface area contributed by atoms with Crippen LogP contribution >= 0.6 is 23.6 Å². The van der Waals surface area contributed by atoms with Crippen LogP contribution in [0.4, 0.5) is 11.4 Å². The average molecular weight is 470 g/mol. The number of benzene rings is 1. The number of anilines is 2. The van der Waals surface area contributed by atoms with Gasteiger partial charge in [0.05, 0.1) is 17.8 Å². The summed E-state index contributed by atoms with van der Waals surface area (Å²) in [5, 5.41) is 9.79. The quantitative estimate of drug-likeness (QED) is 0.521.